The Morgan fingerprint density at radius 1 is 1.26 bits per heavy atom. The Hall–Kier alpha value is -3.77. The first-order chi connectivity index (χ1) is 19.7. The predicted molar refractivity (Wildman–Crippen MR) is 162 cm³/mol. The van der Waals surface area contributed by atoms with Gasteiger partial charge in [-0.05, 0) is 64.7 Å². The molecule has 3 rings (SSSR count). The van der Waals surface area contributed by atoms with E-state index < -0.39 is 27.6 Å². The van der Waals surface area contributed by atoms with E-state index >= 15 is 0 Å². The van der Waals surface area contributed by atoms with Crippen molar-refractivity contribution in [3.63, 3.8) is 0 Å². The van der Waals surface area contributed by atoms with Crippen molar-refractivity contribution < 1.29 is 32.5 Å². The van der Waals surface area contributed by atoms with Gasteiger partial charge in [-0.1, -0.05) is 18.7 Å². The SMILES string of the molecule is C=CCOC(=O)[C@H](CCCN=C(N)NS(=O)(=O)c1c(C)c(C)c2c(c1C)OC(C)(C)C2)NCc1ccc(OC)cc1O. The number of nitrogens with one attached hydrogen (secondary N) is 2. The van der Waals surface area contributed by atoms with Gasteiger partial charge in [0, 0.05) is 42.3 Å². The molecule has 42 heavy (non-hydrogen) atoms. The third-order valence-corrected chi connectivity index (χ3v) is 8.82. The highest BCUT2D eigenvalue weighted by Gasteiger charge is 2.36. The van der Waals surface area contributed by atoms with Gasteiger partial charge >= 0.3 is 5.97 Å². The largest absolute Gasteiger partial charge is 0.507 e. The number of rotatable bonds is 13. The molecular formula is C30H42N4O7S. The number of nitrogens with zero attached hydrogens (tertiary/aromatic N) is 1. The van der Waals surface area contributed by atoms with Crippen LogP contribution in [0.15, 0.2) is 40.7 Å². The van der Waals surface area contributed by atoms with Crippen LogP contribution in [0.4, 0.5) is 0 Å². The number of aliphatic imine (C=N–C) groups is 1. The summed E-state index contributed by atoms with van der Waals surface area (Å²) in [6, 6.07) is 4.19. The van der Waals surface area contributed by atoms with E-state index in [1.807, 2.05) is 20.8 Å². The number of hydrogen-bond acceptors (Lipinski definition) is 9. The van der Waals surface area contributed by atoms with Crippen molar-refractivity contribution in [1.29, 1.82) is 0 Å². The normalized spacial score (nSPS) is 15.0. The van der Waals surface area contributed by atoms with Gasteiger partial charge in [-0.25, -0.2) is 13.1 Å². The number of sulfonamides is 1. The number of carbonyl (C=O) groups excluding carboxylic acids is 1. The summed E-state index contributed by atoms with van der Waals surface area (Å²) < 4.78 is 45.6. The first-order valence-corrected chi connectivity index (χ1v) is 15.2. The summed E-state index contributed by atoms with van der Waals surface area (Å²) in [4.78, 5) is 16.9. The lowest BCUT2D eigenvalue weighted by atomic mass is 9.93. The van der Waals surface area contributed by atoms with E-state index in [2.05, 4.69) is 21.6 Å². The van der Waals surface area contributed by atoms with Gasteiger partial charge in [0.05, 0.1) is 12.0 Å². The molecule has 0 amide bonds. The van der Waals surface area contributed by atoms with E-state index in [-0.39, 0.29) is 36.3 Å². The fourth-order valence-electron chi connectivity index (χ4n) is 4.98. The summed E-state index contributed by atoms with van der Waals surface area (Å²) in [5, 5.41) is 13.3. The number of phenolic OH excluding ortho intramolecular Hbond substituents is 1. The molecule has 11 nitrogen and oxygen atoms in total. The van der Waals surface area contributed by atoms with E-state index in [4.69, 9.17) is 19.9 Å². The highest BCUT2D eigenvalue weighted by atomic mass is 32.2. The van der Waals surface area contributed by atoms with Gasteiger partial charge in [0.15, 0.2) is 0 Å². The minimum Gasteiger partial charge on any atom is -0.507 e. The Kier molecular flexibility index (Phi) is 10.5. The van der Waals surface area contributed by atoms with Crippen molar-refractivity contribution in [1.82, 2.24) is 10.0 Å². The van der Waals surface area contributed by atoms with Gasteiger partial charge in [0.1, 0.15) is 35.5 Å². The number of aromatic hydroxyl groups is 1. The quantitative estimate of drug-likeness (QED) is 0.0886. The first kappa shape index (κ1) is 32.7. The van der Waals surface area contributed by atoms with Crippen molar-refractivity contribution in [2.45, 2.75) is 77.0 Å². The molecule has 0 spiro atoms. The summed E-state index contributed by atoms with van der Waals surface area (Å²) in [5.74, 6) is 0.407. The molecule has 0 saturated carbocycles. The van der Waals surface area contributed by atoms with Crippen molar-refractivity contribution in [2.24, 2.45) is 10.7 Å². The van der Waals surface area contributed by atoms with Gasteiger partial charge in [0.25, 0.3) is 10.0 Å². The van der Waals surface area contributed by atoms with Gasteiger partial charge < -0.3 is 30.4 Å². The second kappa shape index (κ2) is 13.5. The van der Waals surface area contributed by atoms with E-state index in [1.165, 1.54) is 19.3 Å². The van der Waals surface area contributed by atoms with Crippen LogP contribution in [0.1, 0.15) is 54.5 Å². The number of esters is 1. The summed E-state index contributed by atoms with van der Waals surface area (Å²) in [6.45, 7) is 13.3. The van der Waals surface area contributed by atoms with Gasteiger partial charge in [-0.2, -0.15) is 0 Å². The van der Waals surface area contributed by atoms with Crippen molar-refractivity contribution in [2.75, 3.05) is 20.3 Å². The lowest BCUT2D eigenvalue weighted by Gasteiger charge is -2.20. The minimum atomic E-state index is -4.04. The molecule has 0 bridgehead atoms. The van der Waals surface area contributed by atoms with Crippen LogP contribution in [0.5, 0.6) is 17.2 Å². The van der Waals surface area contributed by atoms with E-state index in [1.54, 1.807) is 26.0 Å². The van der Waals surface area contributed by atoms with Crippen molar-refractivity contribution in [3.05, 3.63) is 58.7 Å². The van der Waals surface area contributed by atoms with Gasteiger partial charge in [0.2, 0.25) is 5.96 Å². The second-order valence-corrected chi connectivity index (χ2v) is 12.5. The van der Waals surface area contributed by atoms with Crippen molar-refractivity contribution in [3.8, 4) is 17.2 Å². The molecule has 12 heteroatoms. The van der Waals surface area contributed by atoms with E-state index in [0.717, 1.165) is 11.1 Å². The van der Waals surface area contributed by atoms with Crippen LogP contribution in [-0.2, 0) is 32.5 Å². The summed E-state index contributed by atoms with van der Waals surface area (Å²) >= 11 is 0. The molecule has 0 unspecified atom stereocenters. The summed E-state index contributed by atoms with van der Waals surface area (Å²) in [5.41, 5.74) is 9.22. The number of benzene rings is 2. The number of hydrogen-bond donors (Lipinski definition) is 4. The molecule has 0 radical (unpaired) electrons. The first-order valence-electron chi connectivity index (χ1n) is 13.7. The topological polar surface area (TPSA) is 162 Å². The van der Waals surface area contributed by atoms with Crippen LogP contribution in [-0.4, -0.2) is 57.4 Å². The molecule has 1 atom stereocenters. The van der Waals surface area contributed by atoms with Crippen LogP contribution in [0.25, 0.3) is 0 Å². The molecule has 0 fully saturated rings. The molecule has 1 aliphatic rings. The number of methoxy groups -OCH3 is 1. The maximum absolute atomic E-state index is 13.4. The smallest absolute Gasteiger partial charge is 0.323 e. The maximum Gasteiger partial charge on any atom is 0.323 e. The predicted octanol–water partition coefficient (Wildman–Crippen LogP) is 3.30. The monoisotopic (exact) mass is 602 g/mol. The maximum atomic E-state index is 13.4. The number of ether oxygens (including phenoxy) is 3. The highest BCUT2D eigenvalue weighted by molar-refractivity contribution is 7.90. The van der Waals surface area contributed by atoms with Crippen LogP contribution in [0.2, 0.25) is 0 Å². The zero-order chi connectivity index (χ0) is 31.2. The fraction of sp³-hybridized carbons (Fsp3) is 0.467. The molecule has 0 saturated heterocycles. The van der Waals surface area contributed by atoms with Crippen molar-refractivity contribution >= 4 is 22.0 Å². The molecule has 2 aromatic carbocycles. The molecule has 1 heterocycles. The van der Waals surface area contributed by atoms with Gasteiger partial charge in [-0.3, -0.25) is 9.79 Å². The number of carbonyl (C=O) groups is 1. The molecular weight excluding hydrogens is 560 g/mol. The van der Waals surface area contributed by atoms with E-state index in [0.29, 0.717) is 47.5 Å². The molecule has 230 valence electrons. The Labute approximate surface area is 248 Å². The van der Waals surface area contributed by atoms with E-state index in [9.17, 15) is 18.3 Å². The Bertz CT molecular complexity index is 1470. The van der Waals surface area contributed by atoms with Crippen LogP contribution in [0, 0.1) is 20.8 Å². The lowest BCUT2D eigenvalue weighted by molar-refractivity contribution is -0.145. The number of fused-ring (bicyclic) bond motifs is 1. The second-order valence-electron chi connectivity index (χ2n) is 10.9. The standard InChI is InChI=1S/C30H42N4O7S/c1-8-14-40-28(36)24(33-17-21-11-12-22(39-7)15-25(21)35)10-9-13-32-29(31)34-42(37,38)27-19(3)18(2)23-16-30(5,6)41-26(23)20(27)4/h8,11-12,15,24,33,35H,1,9-10,13-14,16-17H2,2-7H3,(H3,31,32,34)/t24-/m0/s1. The molecule has 2 aromatic rings. The Morgan fingerprint density at radius 3 is 2.62 bits per heavy atom. The Balaban J connectivity index is 1.66. The van der Waals surface area contributed by atoms with Crippen LogP contribution < -0.4 is 25.2 Å². The number of nitrogens with two attached hydrogens (primary N) is 1. The molecule has 0 aromatic heterocycles. The average Bonchev–Trinajstić information content (AvgIpc) is 3.26. The number of guanidine groups is 1. The fourth-order valence-corrected chi connectivity index (χ4v) is 6.48. The summed E-state index contributed by atoms with van der Waals surface area (Å²) in [6.07, 6.45) is 2.90. The third-order valence-electron chi connectivity index (χ3n) is 7.19. The zero-order valence-electron chi connectivity index (χ0n) is 25.2. The summed E-state index contributed by atoms with van der Waals surface area (Å²) in [7, 11) is -2.54. The van der Waals surface area contributed by atoms with Gasteiger partial charge in [-0.15, -0.1) is 0 Å². The van der Waals surface area contributed by atoms with Crippen LogP contribution in [0.3, 0.4) is 0 Å². The molecule has 5 N–H and O–H groups in total. The third kappa shape index (κ3) is 7.74. The Morgan fingerprint density at radius 2 is 1.98 bits per heavy atom. The molecule has 0 aliphatic carbocycles. The molecule has 1 aliphatic heterocycles. The average molecular weight is 603 g/mol. The highest BCUT2D eigenvalue weighted by Crippen LogP contribution is 2.43. The zero-order valence-corrected chi connectivity index (χ0v) is 26.0. The number of phenols is 1. The lowest BCUT2D eigenvalue weighted by Crippen LogP contribution is -2.38. The van der Waals surface area contributed by atoms with Crippen LogP contribution >= 0.6 is 0 Å². The minimum absolute atomic E-state index is 0.0315.